The lowest BCUT2D eigenvalue weighted by Crippen LogP contribution is -2.36. The van der Waals surface area contributed by atoms with Crippen LogP contribution in [0.15, 0.2) is 30.3 Å². The molecule has 0 unspecified atom stereocenters. The second-order valence-corrected chi connectivity index (χ2v) is 8.64. The summed E-state index contributed by atoms with van der Waals surface area (Å²) in [6.45, 7) is 5.39. The Bertz CT molecular complexity index is 897. The van der Waals surface area contributed by atoms with Crippen LogP contribution >= 0.6 is 0 Å². The maximum atomic E-state index is 12.1. The fourth-order valence-electron chi connectivity index (χ4n) is 3.90. The van der Waals surface area contributed by atoms with E-state index in [4.69, 9.17) is 9.47 Å². The number of hydrogen-bond donors (Lipinski definition) is 3. The zero-order chi connectivity index (χ0) is 21.8. The molecule has 3 N–H and O–H groups in total. The third-order valence-electron chi connectivity index (χ3n) is 5.96. The number of hydrogen-bond acceptors (Lipinski definition) is 5. The molecule has 1 saturated heterocycles. The molecule has 31 heavy (non-hydrogen) atoms. The van der Waals surface area contributed by atoms with Crippen LogP contribution in [0.1, 0.15) is 68.2 Å². The molecule has 4 rings (SSSR count). The molecule has 2 aliphatic rings. The first kappa shape index (κ1) is 21.4. The number of alkyl carbamates (subject to hydrolysis) is 1. The van der Waals surface area contributed by atoms with Crippen molar-refractivity contribution in [3.8, 4) is 0 Å². The highest BCUT2D eigenvalue weighted by Crippen LogP contribution is 2.38. The van der Waals surface area contributed by atoms with Crippen molar-refractivity contribution >= 4 is 17.8 Å². The van der Waals surface area contributed by atoms with E-state index in [0.29, 0.717) is 24.9 Å². The molecule has 1 saturated carbocycles. The molecule has 166 valence electrons. The van der Waals surface area contributed by atoms with Crippen LogP contribution in [0.2, 0.25) is 0 Å². The molecule has 8 nitrogen and oxygen atoms in total. The summed E-state index contributed by atoms with van der Waals surface area (Å²) in [6.07, 6.45) is 2.23. The van der Waals surface area contributed by atoms with E-state index in [9.17, 15) is 9.59 Å². The molecule has 1 aromatic heterocycles. The van der Waals surface area contributed by atoms with Crippen LogP contribution in [0.3, 0.4) is 0 Å². The van der Waals surface area contributed by atoms with Crippen molar-refractivity contribution in [3.63, 3.8) is 0 Å². The minimum atomic E-state index is -0.398. The first-order valence-corrected chi connectivity index (χ1v) is 11.0. The van der Waals surface area contributed by atoms with Crippen LogP contribution in [0.4, 0.5) is 10.6 Å². The van der Waals surface area contributed by atoms with E-state index in [1.54, 1.807) is 0 Å². The molecule has 1 aromatic carbocycles. The van der Waals surface area contributed by atoms with E-state index in [1.165, 1.54) is 5.56 Å². The number of rotatable bonds is 7. The Morgan fingerprint density at radius 2 is 2.03 bits per heavy atom. The largest absolute Gasteiger partial charge is 0.446 e. The molecule has 1 aliphatic heterocycles. The number of carbonyl (C=O) groups is 2. The third kappa shape index (κ3) is 5.44. The first-order valence-electron chi connectivity index (χ1n) is 11.0. The fourth-order valence-corrected chi connectivity index (χ4v) is 3.90. The molecule has 1 atom stereocenters. The van der Waals surface area contributed by atoms with Gasteiger partial charge in [-0.1, -0.05) is 38.1 Å². The van der Waals surface area contributed by atoms with Crippen LogP contribution in [-0.2, 0) is 20.8 Å². The number of aromatic nitrogens is 2. The summed E-state index contributed by atoms with van der Waals surface area (Å²) in [5.41, 5.74) is 3.26. The lowest BCUT2D eigenvalue weighted by molar-refractivity contribution is -0.124. The molecule has 2 amide bonds. The quantitative estimate of drug-likeness (QED) is 0.624. The number of carbonyl (C=O) groups excluding carboxylic acids is 2. The van der Waals surface area contributed by atoms with Gasteiger partial charge in [-0.2, -0.15) is 5.10 Å². The summed E-state index contributed by atoms with van der Waals surface area (Å²) in [5.74, 6) is 1.08. The monoisotopic (exact) mass is 426 g/mol. The smallest absolute Gasteiger partial charge is 0.407 e. The fraction of sp³-hybridized carbons (Fsp3) is 0.522. The zero-order valence-corrected chi connectivity index (χ0v) is 18.0. The lowest BCUT2D eigenvalue weighted by atomic mass is 9.80. The summed E-state index contributed by atoms with van der Waals surface area (Å²) in [5, 5.41) is 12.7. The number of nitrogens with zero attached hydrogens (tertiary/aromatic N) is 1. The van der Waals surface area contributed by atoms with Crippen molar-refractivity contribution < 1.29 is 19.1 Å². The van der Waals surface area contributed by atoms with Crippen molar-refractivity contribution in [2.24, 2.45) is 0 Å². The molecule has 0 bridgehead atoms. The van der Waals surface area contributed by atoms with Crippen molar-refractivity contribution in [2.45, 2.75) is 70.1 Å². The highest BCUT2D eigenvalue weighted by molar-refractivity contribution is 5.93. The second kappa shape index (κ2) is 9.51. The Balaban J connectivity index is 1.17. The molecule has 0 radical (unpaired) electrons. The second-order valence-electron chi connectivity index (χ2n) is 8.64. The Morgan fingerprint density at radius 1 is 1.26 bits per heavy atom. The summed E-state index contributed by atoms with van der Waals surface area (Å²) in [4.78, 5) is 24.2. The highest BCUT2D eigenvalue weighted by Gasteiger charge is 2.34. The lowest BCUT2D eigenvalue weighted by Gasteiger charge is -2.33. The van der Waals surface area contributed by atoms with Gasteiger partial charge in [-0.15, -0.1) is 0 Å². The summed E-state index contributed by atoms with van der Waals surface area (Å²) in [6, 6.07) is 10.1. The Kier molecular flexibility index (Phi) is 6.56. The Morgan fingerprint density at radius 3 is 2.71 bits per heavy atom. The molecule has 8 heteroatoms. The number of ether oxygens (including phenoxy) is 2. The van der Waals surface area contributed by atoms with Gasteiger partial charge in [0, 0.05) is 30.8 Å². The van der Waals surface area contributed by atoms with E-state index >= 15 is 0 Å². The van der Waals surface area contributed by atoms with Gasteiger partial charge in [0.05, 0.1) is 0 Å². The number of aromatic amines is 1. The Hall–Kier alpha value is -2.87. The number of benzene rings is 1. The van der Waals surface area contributed by atoms with E-state index in [0.717, 1.165) is 36.9 Å². The van der Waals surface area contributed by atoms with Gasteiger partial charge in [-0.3, -0.25) is 9.89 Å². The minimum absolute atomic E-state index is 0.110. The topological polar surface area (TPSA) is 105 Å². The van der Waals surface area contributed by atoms with Gasteiger partial charge in [0.25, 0.3) is 5.91 Å². The molecule has 2 aromatic rings. The molecule has 2 heterocycles. The average molecular weight is 427 g/mol. The van der Waals surface area contributed by atoms with Crippen molar-refractivity contribution in [1.29, 1.82) is 0 Å². The minimum Gasteiger partial charge on any atom is -0.446 e. The average Bonchev–Trinajstić information content (AvgIpc) is 3.41. The van der Waals surface area contributed by atoms with Gasteiger partial charge < -0.3 is 20.1 Å². The normalized spacial score (nSPS) is 22.7. The van der Waals surface area contributed by atoms with Crippen molar-refractivity contribution in [1.82, 2.24) is 15.5 Å². The number of anilines is 1. The van der Waals surface area contributed by atoms with Crippen molar-refractivity contribution in [2.75, 3.05) is 11.9 Å². The first-order chi connectivity index (χ1) is 15.0. The van der Waals surface area contributed by atoms with Gasteiger partial charge in [-0.05, 0) is 42.7 Å². The molecule has 0 spiro atoms. The standard InChI is InChI=1S/C23H30N4O4/c1-14(2)16-7-5-15(6-8-16)13-24-23(29)31-18-10-17(11-18)19-12-21(27-26-19)25-22(28)20-4-3-9-30-20/h5-8,12,14,17-18,20H,3-4,9-11,13H2,1-2H3,(H,24,29)(H2,25,26,27,28)/t17?,18?,20-/m1/s1. The zero-order valence-electron chi connectivity index (χ0n) is 18.0. The third-order valence-corrected chi connectivity index (χ3v) is 5.96. The Labute approximate surface area is 182 Å². The maximum absolute atomic E-state index is 12.1. The summed E-state index contributed by atoms with van der Waals surface area (Å²) in [7, 11) is 0. The van der Waals surface area contributed by atoms with Crippen LogP contribution < -0.4 is 10.6 Å². The van der Waals surface area contributed by atoms with Gasteiger partial charge in [0.1, 0.15) is 12.2 Å². The molecule has 1 aliphatic carbocycles. The summed E-state index contributed by atoms with van der Waals surface area (Å²) < 4.78 is 10.9. The van der Waals surface area contributed by atoms with Crippen LogP contribution in [-0.4, -0.2) is 41.0 Å². The van der Waals surface area contributed by atoms with Crippen LogP contribution in [0, 0.1) is 0 Å². The number of H-pyrrole nitrogens is 1. The van der Waals surface area contributed by atoms with Gasteiger partial charge in [-0.25, -0.2) is 4.79 Å². The molecule has 2 fully saturated rings. The predicted octanol–water partition coefficient (Wildman–Crippen LogP) is 3.82. The van der Waals surface area contributed by atoms with E-state index in [-0.39, 0.29) is 24.0 Å². The number of nitrogens with one attached hydrogen (secondary N) is 3. The van der Waals surface area contributed by atoms with Crippen LogP contribution in [0.25, 0.3) is 0 Å². The van der Waals surface area contributed by atoms with Gasteiger partial charge in [0.15, 0.2) is 5.82 Å². The van der Waals surface area contributed by atoms with Crippen LogP contribution in [0.5, 0.6) is 0 Å². The van der Waals surface area contributed by atoms with E-state index in [1.807, 2.05) is 18.2 Å². The SMILES string of the molecule is CC(C)c1ccc(CNC(=O)OC2CC(c3cc(NC(=O)[C@H]4CCCO4)n[nH]3)C2)cc1. The van der Waals surface area contributed by atoms with E-state index in [2.05, 4.69) is 46.8 Å². The highest BCUT2D eigenvalue weighted by atomic mass is 16.6. The predicted molar refractivity (Wildman–Crippen MR) is 116 cm³/mol. The molecular weight excluding hydrogens is 396 g/mol. The number of amides is 2. The summed E-state index contributed by atoms with van der Waals surface area (Å²) >= 11 is 0. The van der Waals surface area contributed by atoms with Crippen molar-refractivity contribution in [3.05, 3.63) is 47.2 Å². The van der Waals surface area contributed by atoms with E-state index < -0.39 is 6.09 Å². The van der Waals surface area contributed by atoms with Gasteiger partial charge in [0.2, 0.25) is 0 Å². The van der Waals surface area contributed by atoms with Gasteiger partial charge >= 0.3 is 6.09 Å². The molecular formula is C23H30N4O4. The maximum Gasteiger partial charge on any atom is 0.407 e.